The summed E-state index contributed by atoms with van der Waals surface area (Å²) >= 11 is 0. The molecule has 2 amide bonds. The second-order valence-electron chi connectivity index (χ2n) is 6.36. The number of carbonyl (C=O) groups excluding carboxylic acids is 2. The smallest absolute Gasteiger partial charge is 0.329 e. The van der Waals surface area contributed by atoms with Crippen molar-refractivity contribution in [3.8, 4) is 5.75 Å². The summed E-state index contributed by atoms with van der Waals surface area (Å²) in [5.74, 6) is -0.585. The Morgan fingerprint density at radius 3 is 2.48 bits per heavy atom. The first kappa shape index (κ1) is 18.6. The summed E-state index contributed by atoms with van der Waals surface area (Å²) in [7, 11) is 0. The lowest BCUT2D eigenvalue weighted by molar-refractivity contribution is -0.146. The molecule has 0 spiro atoms. The van der Waals surface area contributed by atoms with Crippen molar-refractivity contribution in [2.75, 3.05) is 13.1 Å². The Hall–Kier alpha value is -3.15. The third-order valence-corrected chi connectivity index (χ3v) is 4.36. The molecular weight excluding hydrogens is 342 g/mol. The van der Waals surface area contributed by atoms with Crippen LogP contribution >= 0.6 is 0 Å². The Bertz CT molecular complexity index is 799. The van der Waals surface area contributed by atoms with Crippen LogP contribution in [0.4, 0.5) is 0 Å². The van der Waals surface area contributed by atoms with Gasteiger partial charge in [0.25, 0.3) is 0 Å². The van der Waals surface area contributed by atoms with E-state index in [-0.39, 0.29) is 0 Å². The van der Waals surface area contributed by atoms with Crippen LogP contribution in [0, 0.1) is 0 Å². The summed E-state index contributed by atoms with van der Waals surface area (Å²) in [6.45, 7) is 1.70. The zero-order valence-electron chi connectivity index (χ0n) is 15.1. The monoisotopic (exact) mass is 365 g/mol. The molecule has 6 nitrogen and oxygen atoms in total. The number of rotatable bonds is 5. The molecule has 1 aliphatic heterocycles. The van der Waals surface area contributed by atoms with Crippen molar-refractivity contribution < 1.29 is 14.3 Å². The van der Waals surface area contributed by atoms with Gasteiger partial charge in [-0.1, -0.05) is 42.5 Å². The van der Waals surface area contributed by atoms with Gasteiger partial charge in [-0.2, -0.15) is 5.10 Å². The number of para-hydroxylation sites is 1. The van der Waals surface area contributed by atoms with E-state index in [9.17, 15) is 9.59 Å². The van der Waals surface area contributed by atoms with Crippen LogP contribution in [0.1, 0.15) is 30.4 Å². The predicted octanol–water partition coefficient (Wildman–Crippen LogP) is 2.73. The fraction of sp³-hybridized carbons (Fsp3) is 0.286. The third-order valence-electron chi connectivity index (χ3n) is 4.36. The van der Waals surface area contributed by atoms with Gasteiger partial charge in [-0.15, -0.1) is 0 Å². The van der Waals surface area contributed by atoms with Gasteiger partial charge in [-0.3, -0.25) is 9.59 Å². The van der Waals surface area contributed by atoms with Crippen molar-refractivity contribution >= 4 is 18.0 Å². The second-order valence-corrected chi connectivity index (χ2v) is 6.36. The zero-order chi connectivity index (χ0) is 18.9. The fourth-order valence-electron chi connectivity index (χ4n) is 2.90. The van der Waals surface area contributed by atoms with Crippen LogP contribution in [0.25, 0.3) is 0 Å². The van der Waals surface area contributed by atoms with Crippen LogP contribution in [0.2, 0.25) is 0 Å². The molecule has 1 N–H and O–H groups in total. The molecule has 1 saturated heterocycles. The highest BCUT2D eigenvalue weighted by Gasteiger charge is 2.22. The maximum Gasteiger partial charge on any atom is 0.329 e. The largest absolute Gasteiger partial charge is 0.488 e. The van der Waals surface area contributed by atoms with Gasteiger partial charge in [0.1, 0.15) is 12.4 Å². The lowest BCUT2D eigenvalue weighted by atomic mass is 10.1. The van der Waals surface area contributed by atoms with E-state index in [0.29, 0.717) is 25.4 Å². The predicted molar refractivity (Wildman–Crippen MR) is 103 cm³/mol. The van der Waals surface area contributed by atoms with Gasteiger partial charge in [-0.05, 0) is 37.0 Å². The van der Waals surface area contributed by atoms with E-state index in [2.05, 4.69) is 10.5 Å². The average molecular weight is 365 g/mol. The fourth-order valence-corrected chi connectivity index (χ4v) is 2.90. The molecule has 3 rings (SSSR count). The Balaban J connectivity index is 1.56. The Morgan fingerprint density at radius 1 is 1.00 bits per heavy atom. The summed E-state index contributed by atoms with van der Waals surface area (Å²) < 4.78 is 5.84. The molecule has 2 aromatic carbocycles. The van der Waals surface area contributed by atoms with Gasteiger partial charge in [0.2, 0.25) is 0 Å². The minimum absolute atomic E-state index is 0.436. The summed E-state index contributed by atoms with van der Waals surface area (Å²) in [6.07, 6.45) is 4.47. The molecule has 0 unspecified atom stereocenters. The molecular formula is C21H23N3O3. The molecule has 140 valence electrons. The summed E-state index contributed by atoms with van der Waals surface area (Å²) in [5, 5.41) is 3.92. The number of nitrogens with zero attached hydrogens (tertiary/aromatic N) is 2. The molecule has 0 atom stereocenters. The highest BCUT2D eigenvalue weighted by atomic mass is 16.5. The van der Waals surface area contributed by atoms with Crippen LogP contribution in [0.15, 0.2) is 59.7 Å². The SMILES string of the molecule is O=C(N/N=C\c1ccccc1OCc1ccccc1)C(=O)N1CCCCC1. The minimum atomic E-state index is -0.712. The number of likely N-dealkylation sites (tertiary alicyclic amines) is 1. The van der Waals surface area contributed by atoms with Gasteiger partial charge >= 0.3 is 11.8 Å². The van der Waals surface area contributed by atoms with E-state index in [4.69, 9.17) is 4.74 Å². The van der Waals surface area contributed by atoms with E-state index < -0.39 is 11.8 Å². The number of hydrogen-bond donors (Lipinski definition) is 1. The third kappa shape index (κ3) is 5.41. The average Bonchev–Trinajstić information content (AvgIpc) is 2.74. The number of ether oxygens (including phenoxy) is 1. The van der Waals surface area contributed by atoms with E-state index in [0.717, 1.165) is 30.4 Å². The minimum Gasteiger partial charge on any atom is -0.488 e. The van der Waals surface area contributed by atoms with Gasteiger partial charge in [-0.25, -0.2) is 5.43 Å². The van der Waals surface area contributed by atoms with Crippen LogP contribution in [-0.4, -0.2) is 36.0 Å². The van der Waals surface area contributed by atoms with Crippen LogP contribution in [-0.2, 0) is 16.2 Å². The quantitative estimate of drug-likeness (QED) is 0.503. The number of amides is 2. The van der Waals surface area contributed by atoms with Crippen LogP contribution in [0.5, 0.6) is 5.75 Å². The maximum atomic E-state index is 12.1. The summed E-state index contributed by atoms with van der Waals surface area (Å²) in [6, 6.07) is 17.3. The van der Waals surface area contributed by atoms with Gasteiger partial charge in [0.05, 0.1) is 6.21 Å². The molecule has 1 aliphatic rings. The van der Waals surface area contributed by atoms with E-state index in [1.807, 2.05) is 54.6 Å². The molecule has 0 aliphatic carbocycles. The standard InChI is InChI=1S/C21H23N3O3/c25-20(21(26)24-13-7-2-8-14-24)23-22-15-18-11-5-6-12-19(18)27-16-17-9-3-1-4-10-17/h1,3-6,9-12,15H,2,7-8,13-14,16H2,(H,23,25)/b22-15-. The zero-order valence-corrected chi connectivity index (χ0v) is 15.1. The van der Waals surface area contributed by atoms with E-state index in [1.54, 1.807) is 4.90 Å². The number of benzene rings is 2. The number of piperidine rings is 1. The van der Waals surface area contributed by atoms with Crippen molar-refractivity contribution in [1.82, 2.24) is 10.3 Å². The normalized spacial score (nSPS) is 14.1. The molecule has 1 fully saturated rings. The van der Waals surface area contributed by atoms with Crippen molar-refractivity contribution in [2.45, 2.75) is 25.9 Å². The highest BCUT2D eigenvalue weighted by molar-refractivity contribution is 6.35. The molecule has 0 saturated carbocycles. The first-order valence-corrected chi connectivity index (χ1v) is 9.12. The molecule has 0 bridgehead atoms. The van der Waals surface area contributed by atoms with Crippen LogP contribution in [0.3, 0.4) is 0 Å². The molecule has 27 heavy (non-hydrogen) atoms. The molecule has 0 aromatic heterocycles. The number of nitrogens with one attached hydrogen (secondary N) is 1. The van der Waals surface area contributed by atoms with Gasteiger partial charge in [0, 0.05) is 18.7 Å². The highest BCUT2D eigenvalue weighted by Crippen LogP contribution is 2.17. The van der Waals surface area contributed by atoms with Crippen molar-refractivity contribution in [2.24, 2.45) is 5.10 Å². The summed E-state index contributed by atoms with van der Waals surface area (Å²) in [5.41, 5.74) is 4.09. The number of carbonyl (C=O) groups is 2. The summed E-state index contributed by atoms with van der Waals surface area (Å²) in [4.78, 5) is 25.6. The lowest BCUT2D eigenvalue weighted by Crippen LogP contribution is -2.43. The van der Waals surface area contributed by atoms with Gasteiger partial charge < -0.3 is 9.64 Å². The second kappa shape index (κ2) is 9.52. The number of hydrogen-bond acceptors (Lipinski definition) is 4. The van der Waals surface area contributed by atoms with Crippen molar-refractivity contribution in [3.63, 3.8) is 0 Å². The molecule has 0 radical (unpaired) electrons. The maximum absolute atomic E-state index is 12.1. The van der Waals surface area contributed by atoms with Crippen molar-refractivity contribution in [1.29, 1.82) is 0 Å². The molecule has 6 heteroatoms. The van der Waals surface area contributed by atoms with E-state index in [1.165, 1.54) is 6.21 Å². The molecule has 2 aromatic rings. The van der Waals surface area contributed by atoms with Crippen LogP contribution < -0.4 is 10.2 Å². The topological polar surface area (TPSA) is 71.0 Å². The Kier molecular flexibility index (Phi) is 6.57. The first-order chi connectivity index (χ1) is 13.2. The number of hydrazone groups is 1. The lowest BCUT2D eigenvalue weighted by Gasteiger charge is -2.25. The van der Waals surface area contributed by atoms with E-state index >= 15 is 0 Å². The Morgan fingerprint density at radius 2 is 1.70 bits per heavy atom. The molecule has 1 heterocycles. The first-order valence-electron chi connectivity index (χ1n) is 9.12. The Labute approximate surface area is 158 Å². The van der Waals surface area contributed by atoms with Gasteiger partial charge in [0.15, 0.2) is 0 Å². The van der Waals surface area contributed by atoms with Crippen molar-refractivity contribution in [3.05, 3.63) is 65.7 Å².